The van der Waals surface area contributed by atoms with Crippen molar-refractivity contribution >= 4 is 35.1 Å². The van der Waals surface area contributed by atoms with Crippen LogP contribution in [0.4, 0.5) is 0 Å². The van der Waals surface area contributed by atoms with Gasteiger partial charge < -0.3 is 10.1 Å². The lowest BCUT2D eigenvalue weighted by molar-refractivity contribution is -0.133. The Bertz CT molecular complexity index is 965. The van der Waals surface area contributed by atoms with Gasteiger partial charge in [0.25, 0.3) is 5.91 Å². The van der Waals surface area contributed by atoms with E-state index in [4.69, 9.17) is 17.0 Å². The fraction of sp³-hybridized carbons (Fsp3) is 0.273. The molecule has 0 aromatic heterocycles. The Labute approximate surface area is 186 Å². The van der Waals surface area contributed by atoms with E-state index in [9.17, 15) is 14.4 Å². The maximum Gasteiger partial charge on any atom is 0.254 e. The van der Waals surface area contributed by atoms with Crippen molar-refractivity contribution in [2.45, 2.75) is 25.4 Å². The minimum absolute atomic E-state index is 0.0860. The molecule has 9 heteroatoms. The van der Waals surface area contributed by atoms with Crippen LogP contribution in [-0.4, -0.2) is 52.9 Å². The third-order valence-electron chi connectivity index (χ3n) is 4.91. The Hall–Kier alpha value is -3.46. The summed E-state index contributed by atoms with van der Waals surface area (Å²) in [5.74, 6) is -0.305. The Morgan fingerprint density at radius 2 is 1.71 bits per heavy atom. The third kappa shape index (κ3) is 5.37. The molecule has 1 atom stereocenters. The second-order valence-corrected chi connectivity index (χ2v) is 7.38. The van der Waals surface area contributed by atoms with Gasteiger partial charge in [-0.2, -0.15) is 0 Å². The van der Waals surface area contributed by atoms with E-state index in [0.29, 0.717) is 5.75 Å². The standard InChI is InChI=1S/C22H24N4O4S/c1-23-19(27)13-18-21(29)25(14-16-6-4-3-5-7-16)22(31)26(18)24-20(28)12-15-8-10-17(30-2)11-9-15/h3-11,18H,12-14H2,1-2H3,(H,23,27)(H,24,28). The molecule has 2 N–H and O–H groups in total. The number of amides is 3. The van der Waals surface area contributed by atoms with E-state index >= 15 is 0 Å². The Morgan fingerprint density at radius 3 is 2.32 bits per heavy atom. The van der Waals surface area contributed by atoms with Gasteiger partial charge in [-0.15, -0.1) is 0 Å². The number of thiocarbonyl (C=S) groups is 1. The number of carbonyl (C=O) groups is 3. The van der Waals surface area contributed by atoms with Crippen molar-refractivity contribution in [3.05, 3.63) is 65.7 Å². The van der Waals surface area contributed by atoms with E-state index in [1.807, 2.05) is 30.3 Å². The van der Waals surface area contributed by atoms with E-state index in [1.54, 1.807) is 31.4 Å². The van der Waals surface area contributed by atoms with E-state index < -0.39 is 6.04 Å². The normalized spacial score (nSPS) is 15.7. The Balaban J connectivity index is 1.75. The molecule has 1 saturated heterocycles. The zero-order chi connectivity index (χ0) is 22.4. The molecule has 0 bridgehead atoms. The van der Waals surface area contributed by atoms with Crippen LogP contribution in [0, 0.1) is 0 Å². The molecule has 1 aliphatic heterocycles. The summed E-state index contributed by atoms with van der Waals surface area (Å²) in [5, 5.41) is 3.99. The molecule has 3 amide bonds. The highest BCUT2D eigenvalue weighted by molar-refractivity contribution is 7.80. The van der Waals surface area contributed by atoms with Crippen molar-refractivity contribution in [2.24, 2.45) is 0 Å². The summed E-state index contributed by atoms with van der Waals surface area (Å²) in [6.07, 6.45) is -0.0355. The summed E-state index contributed by atoms with van der Waals surface area (Å²) < 4.78 is 5.12. The molecule has 0 radical (unpaired) electrons. The average molecular weight is 441 g/mol. The minimum Gasteiger partial charge on any atom is -0.497 e. The summed E-state index contributed by atoms with van der Waals surface area (Å²) in [6, 6.07) is 15.6. The molecule has 162 valence electrons. The summed E-state index contributed by atoms with van der Waals surface area (Å²) in [7, 11) is 3.06. The molecule has 0 aliphatic carbocycles. The fourth-order valence-corrected chi connectivity index (χ4v) is 3.57. The summed E-state index contributed by atoms with van der Waals surface area (Å²) in [4.78, 5) is 39.1. The largest absolute Gasteiger partial charge is 0.497 e. The molecule has 31 heavy (non-hydrogen) atoms. The number of rotatable bonds is 8. The number of nitrogens with zero attached hydrogens (tertiary/aromatic N) is 2. The van der Waals surface area contributed by atoms with Crippen LogP contribution in [0.3, 0.4) is 0 Å². The molecule has 0 spiro atoms. The van der Waals surface area contributed by atoms with Gasteiger partial charge >= 0.3 is 0 Å². The van der Waals surface area contributed by atoms with Gasteiger partial charge in [0, 0.05) is 7.05 Å². The van der Waals surface area contributed by atoms with Crippen molar-refractivity contribution < 1.29 is 19.1 Å². The summed E-state index contributed by atoms with van der Waals surface area (Å²) in [5.41, 5.74) is 4.38. The zero-order valence-corrected chi connectivity index (χ0v) is 18.1. The molecular weight excluding hydrogens is 416 g/mol. The van der Waals surface area contributed by atoms with Crippen molar-refractivity contribution in [1.29, 1.82) is 0 Å². The third-order valence-corrected chi connectivity index (χ3v) is 5.33. The maximum atomic E-state index is 13.0. The van der Waals surface area contributed by atoms with Gasteiger partial charge in [0.05, 0.1) is 26.5 Å². The molecule has 1 heterocycles. The van der Waals surface area contributed by atoms with E-state index in [-0.39, 0.29) is 42.2 Å². The number of methoxy groups -OCH3 is 1. The maximum absolute atomic E-state index is 13.0. The smallest absolute Gasteiger partial charge is 0.254 e. The number of hydrogen-bond donors (Lipinski definition) is 2. The second kappa shape index (κ2) is 10.0. The number of hydrazine groups is 1. The lowest BCUT2D eigenvalue weighted by atomic mass is 10.1. The van der Waals surface area contributed by atoms with E-state index in [2.05, 4.69) is 10.7 Å². The molecule has 0 saturated carbocycles. The molecular formula is C22H24N4O4S. The second-order valence-electron chi connectivity index (χ2n) is 7.02. The van der Waals surface area contributed by atoms with Gasteiger partial charge in [0.15, 0.2) is 5.11 Å². The summed E-state index contributed by atoms with van der Waals surface area (Å²) in [6.45, 7) is 0.258. The number of benzene rings is 2. The monoisotopic (exact) mass is 440 g/mol. The molecule has 2 aromatic carbocycles. The molecule has 2 aromatic rings. The van der Waals surface area contributed by atoms with E-state index in [1.165, 1.54) is 17.0 Å². The van der Waals surface area contributed by atoms with Crippen LogP contribution < -0.4 is 15.5 Å². The first-order valence-corrected chi connectivity index (χ1v) is 10.1. The van der Waals surface area contributed by atoms with Crippen molar-refractivity contribution in [2.75, 3.05) is 14.2 Å². The van der Waals surface area contributed by atoms with Gasteiger partial charge in [-0.1, -0.05) is 42.5 Å². The minimum atomic E-state index is -0.907. The quantitative estimate of drug-likeness (QED) is 0.603. The lowest BCUT2D eigenvalue weighted by Gasteiger charge is -2.24. The number of nitrogens with one attached hydrogen (secondary N) is 2. The van der Waals surface area contributed by atoms with Gasteiger partial charge in [0.1, 0.15) is 11.8 Å². The zero-order valence-electron chi connectivity index (χ0n) is 17.3. The van der Waals surface area contributed by atoms with Gasteiger partial charge in [-0.05, 0) is 35.5 Å². The first-order valence-electron chi connectivity index (χ1n) is 9.74. The first-order chi connectivity index (χ1) is 14.9. The predicted molar refractivity (Wildman–Crippen MR) is 119 cm³/mol. The Kier molecular flexibility index (Phi) is 7.19. The highest BCUT2D eigenvalue weighted by Crippen LogP contribution is 2.22. The number of ether oxygens (including phenoxy) is 1. The topological polar surface area (TPSA) is 91.0 Å². The van der Waals surface area contributed by atoms with Gasteiger partial charge in [0.2, 0.25) is 11.8 Å². The van der Waals surface area contributed by atoms with Crippen LogP contribution in [0.15, 0.2) is 54.6 Å². The van der Waals surface area contributed by atoms with Crippen LogP contribution in [0.1, 0.15) is 17.5 Å². The first kappa shape index (κ1) is 22.2. The molecule has 1 unspecified atom stereocenters. The predicted octanol–water partition coefficient (Wildman–Crippen LogP) is 1.40. The van der Waals surface area contributed by atoms with Crippen LogP contribution in [0.2, 0.25) is 0 Å². The summed E-state index contributed by atoms with van der Waals surface area (Å²) >= 11 is 5.49. The molecule has 3 rings (SSSR count). The van der Waals surface area contributed by atoms with E-state index in [0.717, 1.165) is 11.1 Å². The fourth-order valence-electron chi connectivity index (χ4n) is 3.24. The van der Waals surface area contributed by atoms with Crippen molar-refractivity contribution in [3.8, 4) is 5.75 Å². The molecule has 8 nitrogen and oxygen atoms in total. The van der Waals surface area contributed by atoms with Crippen LogP contribution >= 0.6 is 12.2 Å². The van der Waals surface area contributed by atoms with Crippen LogP contribution in [0.25, 0.3) is 0 Å². The van der Waals surface area contributed by atoms with Crippen LogP contribution in [-0.2, 0) is 27.3 Å². The number of carbonyl (C=O) groups excluding carboxylic acids is 3. The van der Waals surface area contributed by atoms with Gasteiger partial charge in [-0.25, -0.2) is 5.01 Å². The lowest BCUT2D eigenvalue weighted by Crippen LogP contribution is -2.50. The highest BCUT2D eigenvalue weighted by atomic mass is 32.1. The highest BCUT2D eigenvalue weighted by Gasteiger charge is 2.44. The van der Waals surface area contributed by atoms with Crippen molar-refractivity contribution in [1.82, 2.24) is 20.7 Å². The van der Waals surface area contributed by atoms with Crippen LogP contribution in [0.5, 0.6) is 5.75 Å². The Morgan fingerprint density at radius 1 is 1.03 bits per heavy atom. The average Bonchev–Trinajstić information content (AvgIpc) is 2.99. The molecule has 1 fully saturated rings. The SMILES string of the molecule is CNC(=O)CC1C(=O)N(Cc2ccccc2)C(=S)N1NC(=O)Cc1ccc(OC)cc1. The number of hydrogen-bond acceptors (Lipinski definition) is 5. The molecule has 1 aliphatic rings. The van der Waals surface area contributed by atoms with Gasteiger partial charge in [-0.3, -0.25) is 24.7 Å². The van der Waals surface area contributed by atoms with Crippen molar-refractivity contribution in [3.63, 3.8) is 0 Å².